The first-order valence-electron chi connectivity index (χ1n) is 7.40. The molecule has 0 aromatic carbocycles. The van der Waals surface area contributed by atoms with Gasteiger partial charge in [0.05, 0.1) is 12.2 Å². The first kappa shape index (κ1) is 21.1. The number of hydrogen-bond acceptors (Lipinski definition) is 6. The summed E-state index contributed by atoms with van der Waals surface area (Å²) in [7, 11) is -3.39. The van der Waals surface area contributed by atoms with Gasteiger partial charge in [-0.1, -0.05) is 13.8 Å². The van der Waals surface area contributed by atoms with Crippen molar-refractivity contribution in [2.24, 2.45) is 0 Å². The topological polar surface area (TPSA) is 90.9 Å². The van der Waals surface area contributed by atoms with E-state index in [2.05, 4.69) is 5.09 Å². The fraction of sp³-hybridized carbons (Fsp3) is 0.857. The van der Waals surface area contributed by atoms with E-state index in [0.29, 0.717) is 0 Å². The number of carbonyl (C=O) groups excluding carboxylic acids is 2. The monoisotopic (exact) mass is 337 g/mol. The van der Waals surface area contributed by atoms with Crippen molar-refractivity contribution in [2.45, 2.75) is 72.4 Å². The first-order valence-corrected chi connectivity index (χ1v) is 9.09. The Hall–Kier alpha value is -0.910. The zero-order valence-electron chi connectivity index (χ0n) is 14.4. The Labute approximate surface area is 132 Å². The van der Waals surface area contributed by atoms with E-state index in [9.17, 15) is 14.2 Å². The largest absolute Gasteiger partial charge is 0.462 e. The summed E-state index contributed by atoms with van der Waals surface area (Å²) in [6, 6.07) is -0.809. The van der Waals surface area contributed by atoms with E-state index < -0.39 is 37.8 Å². The van der Waals surface area contributed by atoms with Gasteiger partial charge >= 0.3 is 11.9 Å². The van der Waals surface area contributed by atoms with Crippen LogP contribution in [0.3, 0.4) is 0 Å². The van der Waals surface area contributed by atoms with Crippen molar-refractivity contribution < 1.29 is 28.2 Å². The van der Waals surface area contributed by atoms with Crippen LogP contribution in [0.25, 0.3) is 0 Å². The molecule has 0 aliphatic carbocycles. The molecule has 0 aliphatic heterocycles. The summed E-state index contributed by atoms with van der Waals surface area (Å²) in [6.45, 7) is 11.3. The van der Waals surface area contributed by atoms with E-state index >= 15 is 0 Å². The predicted octanol–water partition coefficient (Wildman–Crippen LogP) is 2.49. The summed E-state index contributed by atoms with van der Waals surface area (Å²) < 4.78 is 28.0. The molecule has 0 bridgehead atoms. The highest BCUT2D eigenvalue weighted by Gasteiger charge is 2.33. The maximum atomic E-state index is 12.8. The number of hydrogen-bond donors (Lipinski definition) is 1. The van der Waals surface area contributed by atoms with Crippen LogP contribution >= 0.6 is 7.52 Å². The second kappa shape index (κ2) is 9.28. The van der Waals surface area contributed by atoms with Crippen molar-refractivity contribution in [2.75, 3.05) is 6.61 Å². The lowest BCUT2D eigenvalue weighted by molar-refractivity contribution is -0.149. The average molecular weight is 337 g/mol. The van der Waals surface area contributed by atoms with E-state index in [1.807, 2.05) is 0 Å². The van der Waals surface area contributed by atoms with Crippen LogP contribution in [0.4, 0.5) is 0 Å². The Morgan fingerprint density at radius 2 is 1.45 bits per heavy atom. The van der Waals surface area contributed by atoms with Crippen LogP contribution in [0.2, 0.25) is 0 Å². The quantitative estimate of drug-likeness (QED) is 0.510. The van der Waals surface area contributed by atoms with Crippen molar-refractivity contribution >= 4 is 19.5 Å². The third kappa shape index (κ3) is 7.92. The smallest absolute Gasteiger partial charge is 0.332 e. The van der Waals surface area contributed by atoms with Crippen molar-refractivity contribution in [3.8, 4) is 0 Å². The van der Waals surface area contributed by atoms with Crippen LogP contribution in [0.5, 0.6) is 0 Å². The van der Waals surface area contributed by atoms with Gasteiger partial charge in [-0.2, -0.15) is 0 Å². The van der Waals surface area contributed by atoms with E-state index in [4.69, 9.17) is 14.0 Å². The van der Waals surface area contributed by atoms with Crippen LogP contribution in [-0.4, -0.2) is 42.5 Å². The van der Waals surface area contributed by atoms with Crippen LogP contribution in [0.1, 0.15) is 48.5 Å². The Bertz CT molecular complexity index is 422. The molecule has 0 aromatic heterocycles. The van der Waals surface area contributed by atoms with Crippen LogP contribution in [0, 0.1) is 0 Å². The summed E-state index contributed by atoms with van der Waals surface area (Å²) in [5.74, 6) is -1.13. The second-order valence-electron chi connectivity index (χ2n) is 5.84. The molecule has 0 aromatic rings. The lowest BCUT2D eigenvalue weighted by Crippen LogP contribution is -2.37. The third-order valence-corrected chi connectivity index (χ3v) is 5.12. The van der Waals surface area contributed by atoms with E-state index in [1.54, 1.807) is 41.5 Å². The van der Waals surface area contributed by atoms with Crippen molar-refractivity contribution in [1.29, 1.82) is 0 Å². The normalized spacial score (nSPS) is 15.7. The average Bonchev–Trinajstić information content (AvgIpc) is 2.34. The van der Waals surface area contributed by atoms with Gasteiger partial charge in [0.1, 0.15) is 6.04 Å². The van der Waals surface area contributed by atoms with Gasteiger partial charge < -0.3 is 14.0 Å². The molecule has 0 heterocycles. The number of ether oxygens (including phenoxy) is 2. The molecular formula is C14H28NO6P. The number of rotatable bonds is 9. The number of carbonyl (C=O) groups is 2. The molecule has 0 spiro atoms. The highest BCUT2D eigenvalue weighted by atomic mass is 31.2. The number of nitrogens with one attached hydrogen (secondary N) is 1. The molecule has 0 rings (SSSR count). The van der Waals surface area contributed by atoms with E-state index in [1.165, 1.54) is 6.92 Å². The molecule has 22 heavy (non-hydrogen) atoms. The molecular weight excluding hydrogens is 309 g/mol. The minimum Gasteiger partial charge on any atom is -0.462 e. The van der Waals surface area contributed by atoms with Crippen LogP contribution in [0.15, 0.2) is 0 Å². The second-order valence-corrected chi connectivity index (χ2v) is 8.58. The maximum Gasteiger partial charge on any atom is 0.332 e. The molecule has 0 saturated carbocycles. The predicted molar refractivity (Wildman–Crippen MR) is 83.7 cm³/mol. The Kier molecular flexibility index (Phi) is 8.89. The lowest BCUT2D eigenvalue weighted by Gasteiger charge is -2.26. The van der Waals surface area contributed by atoms with Gasteiger partial charge in [0, 0.05) is 5.66 Å². The summed E-state index contributed by atoms with van der Waals surface area (Å²) >= 11 is 0. The SMILES string of the molecule is CC(C)OC(=O)CO[P@@](=O)(N[C@@H](C)C(=O)OC(C)C)C(C)C. The molecule has 1 N–H and O–H groups in total. The molecule has 0 saturated heterocycles. The molecule has 0 amide bonds. The lowest BCUT2D eigenvalue weighted by atomic mass is 10.4. The van der Waals surface area contributed by atoms with Crippen molar-refractivity contribution in [3.63, 3.8) is 0 Å². The van der Waals surface area contributed by atoms with Crippen LogP contribution < -0.4 is 5.09 Å². The molecule has 0 aliphatic rings. The molecule has 0 radical (unpaired) electrons. The van der Waals surface area contributed by atoms with Gasteiger partial charge in [-0.15, -0.1) is 0 Å². The highest BCUT2D eigenvalue weighted by Crippen LogP contribution is 2.48. The van der Waals surface area contributed by atoms with Crippen LogP contribution in [-0.2, 0) is 28.2 Å². The van der Waals surface area contributed by atoms with Gasteiger partial charge in [-0.3, -0.25) is 9.36 Å². The van der Waals surface area contributed by atoms with Crippen molar-refractivity contribution in [1.82, 2.24) is 5.09 Å². The fourth-order valence-corrected chi connectivity index (χ4v) is 3.05. The summed E-state index contributed by atoms with van der Waals surface area (Å²) in [5, 5.41) is 2.66. The van der Waals surface area contributed by atoms with Gasteiger partial charge in [-0.05, 0) is 34.6 Å². The third-order valence-electron chi connectivity index (χ3n) is 2.50. The summed E-state index contributed by atoms with van der Waals surface area (Å²) in [6.07, 6.45) is -0.542. The Balaban J connectivity index is 4.72. The molecule has 7 nitrogen and oxygen atoms in total. The standard InChI is InChI=1S/C14H28NO6P/c1-9(2)20-13(16)8-19-22(18,11(5)6)15-12(7)14(17)21-10(3)4/h9-12H,8H2,1-7H3,(H,15,18)/t12-,22+/m0/s1. The van der Waals surface area contributed by atoms with Gasteiger partial charge in [0.2, 0.25) is 0 Å². The van der Waals surface area contributed by atoms with Gasteiger partial charge in [0.15, 0.2) is 6.61 Å². The Morgan fingerprint density at radius 3 is 1.86 bits per heavy atom. The zero-order chi connectivity index (χ0) is 17.5. The zero-order valence-corrected chi connectivity index (χ0v) is 15.3. The Morgan fingerprint density at radius 1 is 0.955 bits per heavy atom. The molecule has 8 heteroatoms. The molecule has 0 unspecified atom stereocenters. The highest BCUT2D eigenvalue weighted by molar-refractivity contribution is 7.57. The minimum absolute atomic E-state index is 0.267. The molecule has 130 valence electrons. The molecule has 0 fully saturated rings. The number of esters is 2. The van der Waals surface area contributed by atoms with E-state index in [-0.39, 0.29) is 12.2 Å². The fourth-order valence-electron chi connectivity index (χ4n) is 1.44. The molecule has 2 atom stereocenters. The van der Waals surface area contributed by atoms with Crippen molar-refractivity contribution in [3.05, 3.63) is 0 Å². The van der Waals surface area contributed by atoms with E-state index in [0.717, 1.165) is 0 Å². The first-order chi connectivity index (χ1) is 9.97. The summed E-state index contributed by atoms with van der Waals surface area (Å²) in [4.78, 5) is 23.3. The maximum absolute atomic E-state index is 12.8. The minimum atomic E-state index is -3.39. The van der Waals surface area contributed by atoms with Gasteiger partial charge in [0.25, 0.3) is 7.52 Å². The van der Waals surface area contributed by atoms with Gasteiger partial charge in [-0.25, -0.2) is 9.88 Å². The summed E-state index contributed by atoms with van der Waals surface area (Å²) in [5.41, 5.74) is -0.409.